The number of hydrogen-bond acceptors (Lipinski definition) is 6. The molecule has 148 valence electrons. The van der Waals surface area contributed by atoms with Gasteiger partial charge in [-0.3, -0.25) is 4.98 Å². The summed E-state index contributed by atoms with van der Waals surface area (Å²) in [4.78, 5) is 13.8. The molecule has 0 radical (unpaired) electrons. The lowest BCUT2D eigenvalue weighted by Gasteiger charge is -2.21. The van der Waals surface area contributed by atoms with E-state index in [4.69, 9.17) is 13.9 Å². The van der Waals surface area contributed by atoms with Gasteiger partial charge in [0.1, 0.15) is 0 Å². The van der Waals surface area contributed by atoms with Crippen molar-refractivity contribution in [3.8, 4) is 11.5 Å². The average Bonchev–Trinajstić information content (AvgIpc) is 3.06. The smallest absolute Gasteiger partial charge is 0.417 e. The number of oxazole rings is 1. The minimum atomic E-state index is -3.86. The monoisotopic (exact) mass is 404 g/mol. The third-order valence-corrected chi connectivity index (χ3v) is 5.98. The Morgan fingerprint density at radius 2 is 1.89 bits per heavy atom. The third-order valence-electron chi connectivity index (χ3n) is 4.17. The molecule has 2 aromatic carbocycles. The lowest BCUT2D eigenvalue weighted by Crippen LogP contribution is -2.30. The van der Waals surface area contributed by atoms with E-state index in [9.17, 15) is 13.2 Å². The van der Waals surface area contributed by atoms with Crippen molar-refractivity contribution >= 4 is 21.1 Å². The van der Waals surface area contributed by atoms with E-state index in [0.29, 0.717) is 17.0 Å². The summed E-state index contributed by atoms with van der Waals surface area (Å²) in [6.07, 6.45) is 1.51. The summed E-state index contributed by atoms with van der Waals surface area (Å²) >= 11 is 0. The van der Waals surface area contributed by atoms with Crippen molar-refractivity contribution in [3.05, 3.63) is 65.2 Å². The number of nitrogens with zero attached hydrogens (tertiary/aromatic N) is 1. The van der Waals surface area contributed by atoms with Crippen LogP contribution in [0.5, 0.6) is 11.5 Å². The summed E-state index contributed by atoms with van der Waals surface area (Å²) < 4.78 is 43.0. The highest BCUT2D eigenvalue weighted by molar-refractivity contribution is 7.89. The number of methoxy groups -OCH3 is 2. The Kier molecular flexibility index (Phi) is 5.57. The number of benzene rings is 2. The molecule has 0 spiro atoms. The fourth-order valence-electron chi connectivity index (χ4n) is 2.81. The van der Waals surface area contributed by atoms with Gasteiger partial charge in [-0.2, -0.15) is 4.31 Å². The zero-order valence-electron chi connectivity index (χ0n) is 15.5. The lowest BCUT2D eigenvalue weighted by molar-refractivity contribution is 0.353. The first-order valence-corrected chi connectivity index (χ1v) is 9.78. The molecule has 0 saturated carbocycles. The summed E-state index contributed by atoms with van der Waals surface area (Å²) in [6, 6.07) is 9.45. The van der Waals surface area contributed by atoms with Crippen LogP contribution in [0.4, 0.5) is 0 Å². The van der Waals surface area contributed by atoms with Crippen LogP contribution >= 0.6 is 0 Å². The van der Waals surface area contributed by atoms with Gasteiger partial charge in [0, 0.05) is 19.2 Å². The van der Waals surface area contributed by atoms with Crippen molar-refractivity contribution in [2.75, 3.05) is 20.8 Å². The van der Waals surface area contributed by atoms with E-state index < -0.39 is 15.8 Å². The van der Waals surface area contributed by atoms with Crippen LogP contribution < -0.4 is 15.2 Å². The molecule has 28 heavy (non-hydrogen) atoms. The number of aromatic amines is 1. The highest BCUT2D eigenvalue weighted by atomic mass is 32.2. The fraction of sp³-hybridized carbons (Fsp3) is 0.211. The second-order valence-electron chi connectivity index (χ2n) is 5.95. The molecule has 0 atom stereocenters. The normalized spacial score (nSPS) is 11.7. The minimum Gasteiger partial charge on any atom is -0.493 e. The van der Waals surface area contributed by atoms with Gasteiger partial charge < -0.3 is 13.9 Å². The van der Waals surface area contributed by atoms with Gasteiger partial charge in [-0.05, 0) is 29.8 Å². The van der Waals surface area contributed by atoms with E-state index in [1.807, 2.05) is 0 Å². The SMILES string of the molecule is C=CCN(Cc1ccc(OC)c(OC)c1)S(=O)(=O)c1ccc2[nH]c(=O)oc2c1. The Hall–Kier alpha value is -3.04. The molecule has 0 bridgehead atoms. The van der Waals surface area contributed by atoms with Crippen LogP contribution in [-0.4, -0.2) is 38.5 Å². The Morgan fingerprint density at radius 1 is 1.14 bits per heavy atom. The van der Waals surface area contributed by atoms with Crippen LogP contribution in [0.25, 0.3) is 11.1 Å². The molecule has 0 fully saturated rings. The highest BCUT2D eigenvalue weighted by Crippen LogP contribution is 2.29. The zero-order chi connectivity index (χ0) is 20.3. The van der Waals surface area contributed by atoms with Gasteiger partial charge in [0.15, 0.2) is 17.1 Å². The number of ether oxygens (including phenoxy) is 2. The van der Waals surface area contributed by atoms with Gasteiger partial charge >= 0.3 is 5.76 Å². The summed E-state index contributed by atoms with van der Waals surface area (Å²) in [7, 11) is -0.822. The van der Waals surface area contributed by atoms with Crippen molar-refractivity contribution in [3.63, 3.8) is 0 Å². The number of rotatable bonds is 8. The molecule has 1 heterocycles. The number of hydrogen-bond donors (Lipinski definition) is 1. The molecule has 0 aliphatic heterocycles. The quantitative estimate of drug-likeness (QED) is 0.579. The molecule has 1 aromatic heterocycles. The maximum Gasteiger partial charge on any atom is 0.417 e. The van der Waals surface area contributed by atoms with Crippen molar-refractivity contribution in [2.45, 2.75) is 11.4 Å². The molecule has 3 rings (SSSR count). The van der Waals surface area contributed by atoms with Gasteiger partial charge in [-0.15, -0.1) is 6.58 Å². The van der Waals surface area contributed by atoms with Crippen LogP contribution in [0.15, 0.2) is 63.2 Å². The second-order valence-corrected chi connectivity index (χ2v) is 7.89. The molecule has 0 unspecified atom stereocenters. The van der Waals surface area contributed by atoms with E-state index in [1.165, 1.54) is 42.8 Å². The van der Waals surface area contributed by atoms with Gasteiger partial charge in [0.25, 0.3) is 0 Å². The van der Waals surface area contributed by atoms with Crippen molar-refractivity contribution in [1.29, 1.82) is 0 Å². The summed E-state index contributed by atoms with van der Waals surface area (Å²) in [5.74, 6) is 0.418. The van der Waals surface area contributed by atoms with Crippen molar-refractivity contribution in [2.24, 2.45) is 0 Å². The van der Waals surface area contributed by atoms with Crippen LogP contribution in [0, 0.1) is 0 Å². The topological polar surface area (TPSA) is 102 Å². The molecule has 0 amide bonds. The summed E-state index contributed by atoms with van der Waals surface area (Å²) in [5.41, 5.74) is 1.33. The third kappa shape index (κ3) is 3.80. The molecule has 1 N–H and O–H groups in total. The Balaban J connectivity index is 1.97. The van der Waals surface area contributed by atoms with Gasteiger partial charge in [-0.1, -0.05) is 12.1 Å². The lowest BCUT2D eigenvalue weighted by atomic mass is 10.2. The molecule has 0 aliphatic carbocycles. The molecule has 0 saturated heterocycles. The molecular weight excluding hydrogens is 384 g/mol. The van der Waals surface area contributed by atoms with Crippen molar-refractivity contribution in [1.82, 2.24) is 9.29 Å². The molecule has 0 aliphatic rings. The van der Waals surface area contributed by atoms with Gasteiger partial charge in [-0.25, -0.2) is 13.2 Å². The first-order chi connectivity index (χ1) is 13.4. The Morgan fingerprint density at radius 3 is 2.57 bits per heavy atom. The Labute approximate surface area is 162 Å². The first-order valence-electron chi connectivity index (χ1n) is 8.34. The standard InChI is InChI=1S/C19H20N2O6S/c1-4-9-21(12-13-5-8-16(25-2)18(10-13)26-3)28(23,24)14-6-7-15-17(11-14)27-19(22)20-15/h4-8,10-11H,1,9,12H2,2-3H3,(H,20,22). The number of H-pyrrole nitrogens is 1. The number of sulfonamides is 1. The Bertz CT molecular complexity index is 1160. The van der Waals surface area contributed by atoms with Crippen LogP contribution in [0.2, 0.25) is 0 Å². The summed E-state index contributed by atoms with van der Waals surface area (Å²) in [6.45, 7) is 3.85. The molecule has 9 heteroatoms. The molecular formula is C19H20N2O6S. The minimum absolute atomic E-state index is 0.0186. The van der Waals surface area contributed by atoms with Crippen molar-refractivity contribution < 1.29 is 22.3 Å². The average molecular weight is 404 g/mol. The predicted octanol–water partition coefficient (Wildman–Crippen LogP) is 2.52. The zero-order valence-corrected chi connectivity index (χ0v) is 16.3. The fourth-order valence-corrected chi connectivity index (χ4v) is 4.22. The predicted molar refractivity (Wildman–Crippen MR) is 104 cm³/mol. The molecule has 3 aromatic rings. The van der Waals surface area contributed by atoms with Gasteiger partial charge in [0.2, 0.25) is 10.0 Å². The number of aromatic nitrogens is 1. The first kappa shape index (κ1) is 19.7. The van der Waals surface area contributed by atoms with Crippen LogP contribution in [0.3, 0.4) is 0 Å². The van der Waals surface area contributed by atoms with Crippen LogP contribution in [-0.2, 0) is 16.6 Å². The van der Waals surface area contributed by atoms with E-state index in [-0.39, 0.29) is 23.6 Å². The van der Waals surface area contributed by atoms with E-state index >= 15 is 0 Å². The largest absolute Gasteiger partial charge is 0.493 e. The maximum atomic E-state index is 13.1. The maximum absolute atomic E-state index is 13.1. The molecule has 8 nitrogen and oxygen atoms in total. The second kappa shape index (κ2) is 7.91. The van der Waals surface area contributed by atoms with E-state index in [0.717, 1.165) is 5.56 Å². The van der Waals surface area contributed by atoms with Crippen LogP contribution in [0.1, 0.15) is 5.56 Å². The highest BCUT2D eigenvalue weighted by Gasteiger charge is 2.25. The van der Waals surface area contributed by atoms with E-state index in [2.05, 4.69) is 11.6 Å². The number of fused-ring (bicyclic) bond motifs is 1. The number of nitrogens with one attached hydrogen (secondary N) is 1. The summed E-state index contributed by atoms with van der Waals surface area (Å²) in [5, 5.41) is 0. The van der Waals surface area contributed by atoms with E-state index in [1.54, 1.807) is 18.2 Å². The van der Waals surface area contributed by atoms with Gasteiger partial charge in [0.05, 0.1) is 24.6 Å².